The summed E-state index contributed by atoms with van der Waals surface area (Å²) in [6.07, 6.45) is 4.64. The second-order valence-corrected chi connectivity index (χ2v) is 5.70. The number of methoxy groups -OCH3 is 1. The van der Waals surface area contributed by atoms with E-state index >= 15 is 0 Å². The van der Waals surface area contributed by atoms with Crippen LogP contribution in [-0.2, 0) is 6.54 Å². The van der Waals surface area contributed by atoms with E-state index in [2.05, 4.69) is 23.1 Å². The van der Waals surface area contributed by atoms with Crippen LogP contribution in [0.5, 0.6) is 5.75 Å². The van der Waals surface area contributed by atoms with Crippen molar-refractivity contribution in [2.75, 3.05) is 7.11 Å². The molecular weight excluding hydrogens is 236 g/mol. The van der Waals surface area contributed by atoms with Crippen molar-refractivity contribution in [1.29, 1.82) is 5.26 Å². The molecule has 2 aliphatic rings. The molecule has 2 saturated heterocycles. The van der Waals surface area contributed by atoms with Crippen LogP contribution in [0.1, 0.15) is 31.2 Å². The van der Waals surface area contributed by atoms with Crippen LogP contribution in [0.25, 0.3) is 0 Å². The van der Waals surface area contributed by atoms with Crippen LogP contribution in [0, 0.1) is 17.2 Å². The molecule has 3 heteroatoms. The van der Waals surface area contributed by atoms with Gasteiger partial charge in [-0.25, -0.2) is 0 Å². The first-order valence-electron chi connectivity index (χ1n) is 7.08. The second-order valence-electron chi connectivity index (χ2n) is 5.70. The first-order chi connectivity index (χ1) is 9.30. The van der Waals surface area contributed by atoms with E-state index in [1.165, 1.54) is 18.4 Å². The summed E-state index contributed by atoms with van der Waals surface area (Å²) in [6, 6.07) is 12.0. The Labute approximate surface area is 114 Å². The summed E-state index contributed by atoms with van der Waals surface area (Å²) < 4.78 is 5.19. The van der Waals surface area contributed by atoms with Gasteiger partial charge in [-0.3, -0.25) is 4.90 Å². The summed E-state index contributed by atoms with van der Waals surface area (Å²) in [5.41, 5.74) is 1.34. The summed E-state index contributed by atoms with van der Waals surface area (Å²) in [7, 11) is 1.70. The fourth-order valence-corrected chi connectivity index (χ4v) is 3.58. The molecule has 0 N–H and O–H groups in total. The maximum absolute atomic E-state index is 9.11. The minimum Gasteiger partial charge on any atom is -0.497 e. The van der Waals surface area contributed by atoms with Crippen molar-refractivity contribution in [3.8, 4) is 11.8 Å². The standard InChI is InChI=1S/C16H20N2O/c1-19-16-6-2-12(3-7-16)11-18-14-4-5-15(18)9-13(8-14)10-17/h2-3,6-7,13-15H,4-5,8-9,11H2,1H3. The molecule has 2 atom stereocenters. The summed E-state index contributed by atoms with van der Waals surface area (Å²) in [4.78, 5) is 2.61. The normalized spacial score (nSPS) is 30.0. The van der Waals surface area contributed by atoms with Crippen LogP contribution in [0.15, 0.2) is 24.3 Å². The number of hydrogen-bond acceptors (Lipinski definition) is 3. The van der Waals surface area contributed by atoms with Gasteiger partial charge in [0.2, 0.25) is 0 Å². The van der Waals surface area contributed by atoms with Gasteiger partial charge in [0.15, 0.2) is 0 Å². The molecule has 2 unspecified atom stereocenters. The largest absolute Gasteiger partial charge is 0.497 e. The first-order valence-corrected chi connectivity index (χ1v) is 7.08. The zero-order valence-corrected chi connectivity index (χ0v) is 11.4. The Hall–Kier alpha value is -1.53. The van der Waals surface area contributed by atoms with Crippen LogP contribution >= 0.6 is 0 Å². The maximum Gasteiger partial charge on any atom is 0.118 e. The zero-order chi connectivity index (χ0) is 13.2. The molecule has 2 aliphatic heterocycles. The van der Waals surface area contributed by atoms with E-state index in [0.29, 0.717) is 12.1 Å². The summed E-state index contributed by atoms with van der Waals surface area (Å²) in [5, 5.41) is 9.11. The van der Waals surface area contributed by atoms with Gasteiger partial charge >= 0.3 is 0 Å². The molecule has 0 spiro atoms. The van der Waals surface area contributed by atoms with E-state index < -0.39 is 0 Å². The molecule has 2 heterocycles. The molecule has 1 aromatic carbocycles. The van der Waals surface area contributed by atoms with Gasteiger partial charge in [0.1, 0.15) is 5.75 Å². The topological polar surface area (TPSA) is 36.3 Å². The molecule has 0 radical (unpaired) electrons. The number of rotatable bonds is 3. The first kappa shape index (κ1) is 12.5. The number of fused-ring (bicyclic) bond motifs is 2. The molecule has 0 aliphatic carbocycles. The predicted molar refractivity (Wildman–Crippen MR) is 73.7 cm³/mol. The Kier molecular flexibility index (Phi) is 3.44. The number of benzene rings is 1. The van der Waals surface area contributed by atoms with Gasteiger partial charge in [-0.1, -0.05) is 12.1 Å². The number of hydrogen-bond donors (Lipinski definition) is 0. The predicted octanol–water partition coefficient (Wildman–Crippen LogP) is 2.96. The SMILES string of the molecule is COc1ccc(CN2C3CCC2CC(C#N)C3)cc1. The fourth-order valence-electron chi connectivity index (χ4n) is 3.58. The average Bonchev–Trinajstić information content (AvgIpc) is 2.70. The maximum atomic E-state index is 9.11. The molecular formula is C16H20N2O. The summed E-state index contributed by atoms with van der Waals surface area (Å²) >= 11 is 0. The fraction of sp³-hybridized carbons (Fsp3) is 0.562. The Balaban J connectivity index is 1.69. The van der Waals surface area contributed by atoms with E-state index in [1.54, 1.807) is 7.11 Å². The lowest BCUT2D eigenvalue weighted by Crippen LogP contribution is -2.41. The van der Waals surface area contributed by atoms with Crippen LogP contribution in [0.3, 0.4) is 0 Å². The molecule has 3 nitrogen and oxygen atoms in total. The minimum absolute atomic E-state index is 0.282. The van der Waals surface area contributed by atoms with Gasteiger partial charge in [-0.15, -0.1) is 0 Å². The molecule has 0 saturated carbocycles. The molecule has 2 fully saturated rings. The third-order valence-electron chi connectivity index (χ3n) is 4.59. The minimum atomic E-state index is 0.282. The quantitative estimate of drug-likeness (QED) is 0.834. The van der Waals surface area contributed by atoms with Gasteiger partial charge in [0, 0.05) is 24.5 Å². The second kappa shape index (κ2) is 5.22. The number of piperidine rings is 1. The lowest BCUT2D eigenvalue weighted by molar-refractivity contribution is 0.113. The lowest BCUT2D eigenvalue weighted by atomic mass is 9.91. The van der Waals surface area contributed by atoms with Gasteiger partial charge in [-0.2, -0.15) is 5.26 Å². The monoisotopic (exact) mass is 256 g/mol. The molecule has 3 rings (SSSR count). The van der Waals surface area contributed by atoms with E-state index in [4.69, 9.17) is 10.00 Å². The molecule has 0 amide bonds. The number of nitrogens with zero attached hydrogens (tertiary/aromatic N) is 2. The van der Waals surface area contributed by atoms with Crippen LogP contribution in [0.4, 0.5) is 0 Å². The highest BCUT2D eigenvalue weighted by Crippen LogP contribution is 2.39. The van der Waals surface area contributed by atoms with Gasteiger partial charge in [0.05, 0.1) is 13.2 Å². The molecule has 1 aromatic rings. The summed E-state index contributed by atoms with van der Waals surface area (Å²) in [5.74, 6) is 1.19. The Bertz CT molecular complexity index is 463. The zero-order valence-electron chi connectivity index (χ0n) is 11.4. The summed E-state index contributed by atoms with van der Waals surface area (Å²) in [6.45, 7) is 1.01. The smallest absolute Gasteiger partial charge is 0.118 e. The number of nitriles is 1. The van der Waals surface area contributed by atoms with Crippen molar-refractivity contribution >= 4 is 0 Å². The molecule has 0 aromatic heterocycles. The van der Waals surface area contributed by atoms with Crippen LogP contribution in [0.2, 0.25) is 0 Å². The van der Waals surface area contributed by atoms with Crippen molar-refractivity contribution in [2.45, 2.75) is 44.3 Å². The highest BCUT2D eigenvalue weighted by molar-refractivity contribution is 5.27. The van der Waals surface area contributed by atoms with Crippen LogP contribution in [-0.4, -0.2) is 24.1 Å². The van der Waals surface area contributed by atoms with Crippen molar-refractivity contribution in [2.24, 2.45) is 5.92 Å². The van der Waals surface area contributed by atoms with Gasteiger partial charge in [0.25, 0.3) is 0 Å². The Morgan fingerprint density at radius 2 is 1.84 bits per heavy atom. The highest BCUT2D eigenvalue weighted by atomic mass is 16.5. The average molecular weight is 256 g/mol. The molecule has 100 valence electrons. The van der Waals surface area contributed by atoms with E-state index in [9.17, 15) is 0 Å². The Morgan fingerprint density at radius 3 is 2.37 bits per heavy atom. The number of ether oxygens (including phenoxy) is 1. The van der Waals surface area contributed by atoms with E-state index in [-0.39, 0.29) is 5.92 Å². The van der Waals surface area contributed by atoms with E-state index in [1.807, 2.05) is 12.1 Å². The third-order valence-corrected chi connectivity index (χ3v) is 4.59. The lowest BCUT2D eigenvalue weighted by Gasteiger charge is -2.36. The molecule has 2 bridgehead atoms. The molecule has 19 heavy (non-hydrogen) atoms. The van der Waals surface area contributed by atoms with Gasteiger partial charge in [-0.05, 0) is 43.4 Å². The van der Waals surface area contributed by atoms with Crippen molar-refractivity contribution in [1.82, 2.24) is 4.90 Å². The van der Waals surface area contributed by atoms with Gasteiger partial charge < -0.3 is 4.74 Å². The van der Waals surface area contributed by atoms with Crippen molar-refractivity contribution in [3.05, 3.63) is 29.8 Å². The third kappa shape index (κ3) is 2.46. The van der Waals surface area contributed by atoms with Crippen molar-refractivity contribution < 1.29 is 4.74 Å². The highest BCUT2D eigenvalue weighted by Gasteiger charge is 2.40. The van der Waals surface area contributed by atoms with Crippen molar-refractivity contribution in [3.63, 3.8) is 0 Å². The van der Waals surface area contributed by atoms with E-state index in [0.717, 1.165) is 25.1 Å². The Morgan fingerprint density at radius 1 is 1.21 bits per heavy atom. The van der Waals surface area contributed by atoms with Crippen LogP contribution < -0.4 is 4.74 Å².